The molecule has 714 valence electrons. The average Bonchev–Trinajstić information content (AvgIpc) is 0.756. The zero-order chi connectivity index (χ0) is 100. The average molecular weight is 1970 g/mol. The predicted octanol–water partition coefficient (Wildman–Crippen LogP) is 25.7. The number of halogens is 15. The number of hydrogen-bond donors (Lipinski definition) is 2. The van der Waals surface area contributed by atoms with E-state index in [0.717, 1.165) is 68.0 Å². The van der Waals surface area contributed by atoms with Gasteiger partial charge in [0.15, 0.2) is 0 Å². The minimum Gasteiger partial charge on any atom is -0.370 e. The summed E-state index contributed by atoms with van der Waals surface area (Å²) in [5.41, 5.74) is 15.4. The summed E-state index contributed by atoms with van der Waals surface area (Å²) in [6, 6.07) is 80.6. The van der Waals surface area contributed by atoms with E-state index in [0.29, 0.717) is 80.0 Å². The first-order valence-corrected chi connectivity index (χ1v) is 47.6. The lowest BCUT2D eigenvalue weighted by Crippen LogP contribution is -2.38. The summed E-state index contributed by atoms with van der Waals surface area (Å²) in [5, 5.41) is 9.61. The molecule has 0 aromatic heterocycles. The van der Waals surface area contributed by atoms with Gasteiger partial charge in [0, 0.05) is 78.7 Å². The highest BCUT2D eigenvalue weighted by Crippen LogP contribution is 2.55. The Labute approximate surface area is 813 Å². The van der Waals surface area contributed by atoms with Gasteiger partial charge in [0.2, 0.25) is 23.6 Å². The summed E-state index contributed by atoms with van der Waals surface area (Å²) in [4.78, 5) is 52.1. The van der Waals surface area contributed by atoms with E-state index >= 15 is 13.2 Å². The van der Waals surface area contributed by atoms with Gasteiger partial charge >= 0.3 is 0 Å². The van der Waals surface area contributed by atoms with Crippen molar-refractivity contribution >= 4 is 70.7 Å². The number of nitrogens with zero attached hydrogens (tertiary/aromatic N) is 3. The second-order valence-electron chi connectivity index (χ2n) is 31.6. The van der Waals surface area contributed by atoms with Crippen LogP contribution in [-0.4, -0.2) is 82.6 Å². The van der Waals surface area contributed by atoms with E-state index in [1.54, 1.807) is 120 Å². The molecule has 1 aliphatic heterocycles. The molecule has 15 rings (SSSR count). The van der Waals surface area contributed by atoms with E-state index < -0.39 is 123 Å². The van der Waals surface area contributed by atoms with Crippen molar-refractivity contribution in [1.29, 1.82) is 5.26 Å². The quantitative estimate of drug-likeness (QED) is 0.0255. The maximum Gasteiger partial charge on any atom is 0.232 e. The van der Waals surface area contributed by atoms with Crippen LogP contribution in [0.25, 0.3) is 0 Å². The maximum absolute atomic E-state index is 15.2. The van der Waals surface area contributed by atoms with Crippen molar-refractivity contribution in [3.8, 4) is 18.4 Å². The van der Waals surface area contributed by atoms with Crippen LogP contribution in [0.3, 0.4) is 0 Å². The van der Waals surface area contributed by atoms with Gasteiger partial charge in [0.25, 0.3) is 0 Å². The number of likely N-dealkylation sites (tertiary alicyclic amines) is 1. The molecule has 139 heavy (non-hydrogen) atoms. The normalized spacial score (nSPS) is 12.7. The summed E-state index contributed by atoms with van der Waals surface area (Å²) in [7, 11) is 0. The number of thioether (sulfide) groups is 4. The van der Waals surface area contributed by atoms with E-state index in [1.165, 1.54) is 230 Å². The van der Waals surface area contributed by atoms with E-state index in [-0.39, 0.29) is 58.6 Å². The minimum atomic E-state index is -1.56. The van der Waals surface area contributed by atoms with E-state index in [1.807, 2.05) is 18.7 Å². The molecule has 1 aliphatic rings. The second-order valence-corrected chi connectivity index (χ2v) is 36.5. The van der Waals surface area contributed by atoms with Crippen molar-refractivity contribution in [3.05, 3.63) is 499 Å². The van der Waals surface area contributed by atoms with Crippen LogP contribution in [0.15, 0.2) is 334 Å². The van der Waals surface area contributed by atoms with Gasteiger partial charge in [-0.05, 0) is 223 Å². The lowest BCUT2D eigenvalue weighted by atomic mass is 9.73. The summed E-state index contributed by atoms with van der Waals surface area (Å²) >= 11 is 4.70. The molecule has 2 unspecified atom stereocenters. The largest absolute Gasteiger partial charge is 0.370 e. The highest BCUT2D eigenvalue weighted by Gasteiger charge is 2.46. The topological polar surface area (TPSA) is 151 Å². The van der Waals surface area contributed by atoms with Crippen LogP contribution in [0.1, 0.15) is 124 Å². The third-order valence-corrected chi connectivity index (χ3v) is 29.1. The fourth-order valence-electron chi connectivity index (χ4n) is 16.3. The van der Waals surface area contributed by atoms with Crippen LogP contribution >= 0.6 is 47.0 Å². The molecule has 1 saturated heterocycles. The Morgan fingerprint density at radius 2 is 0.633 bits per heavy atom. The van der Waals surface area contributed by atoms with E-state index in [9.17, 15) is 77.1 Å². The Bertz CT molecular complexity index is 6440. The van der Waals surface area contributed by atoms with Crippen molar-refractivity contribution in [2.24, 2.45) is 11.5 Å². The van der Waals surface area contributed by atoms with Gasteiger partial charge in [-0.1, -0.05) is 188 Å². The van der Waals surface area contributed by atoms with Crippen molar-refractivity contribution in [2.75, 3.05) is 49.2 Å². The Balaban J connectivity index is 0.000000168. The third-order valence-electron chi connectivity index (χ3n) is 23.0. The number of rotatable bonds is 30. The highest BCUT2D eigenvalue weighted by molar-refractivity contribution is 8.02. The second kappa shape index (κ2) is 49.6. The fraction of sp³-hybridized carbons (Fsp3) is 0.180. The molecule has 9 nitrogen and oxygen atoms in total. The number of benzene rings is 14. The van der Waals surface area contributed by atoms with Crippen molar-refractivity contribution in [3.63, 3.8) is 0 Å². The van der Waals surface area contributed by atoms with Crippen LogP contribution in [0.5, 0.6) is 0 Å². The molecule has 4 N–H and O–H groups in total. The molecular formula is C111H92F15N5O4S4. The Hall–Kier alpha value is -13.6. The number of piperidine rings is 1. The lowest BCUT2D eigenvalue weighted by Gasteiger charge is -2.36. The summed E-state index contributed by atoms with van der Waals surface area (Å²) in [6.45, 7) is 6.11. The zero-order valence-electron chi connectivity index (χ0n) is 75.0. The number of hydrogen-bond acceptors (Lipinski definition) is 9. The fourth-order valence-corrected chi connectivity index (χ4v) is 22.1. The van der Waals surface area contributed by atoms with Crippen molar-refractivity contribution in [1.82, 2.24) is 9.80 Å². The molecule has 28 heteroatoms. The van der Waals surface area contributed by atoms with Crippen LogP contribution in [0.2, 0.25) is 0 Å². The van der Waals surface area contributed by atoms with Gasteiger partial charge in [-0.25, -0.2) is 65.9 Å². The van der Waals surface area contributed by atoms with Crippen LogP contribution in [-0.2, 0) is 43.6 Å². The van der Waals surface area contributed by atoms with Gasteiger partial charge in [-0.3, -0.25) is 19.2 Å². The number of terminal acetylenes is 1. The molecule has 0 aliphatic carbocycles. The molecule has 2 atom stereocenters. The van der Waals surface area contributed by atoms with Crippen molar-refractivity contribution in [2.45, 2.75) is 70.4 Å². The molecule has 0 radical (unpaired) electrons. The predicted molar refractivity (Wildman–Crippen MR) is 520 cm³/mol. The smallest absolute Gasteiger partial charge is 0.232 e. The molecule has 14 aromatic carbocycles. The maximum atomic E-state index is 15.2. The molecule has 0 bridgehead atoms. The molecular weight excluding hydrogens is 1880 g/mol. The third kappa shape index (κ3) is 25.7. The number of nitriles is 1. The van der Waals surface area contributed by atoms with Crippen LogP contribution < -0.4 is 11.5 Å². The molecule has 4 amide bonds. The standard InChI is InChI=1S/C26H24F3NOS.C25H23F4NOS.C22H18F3NOS.C21H16F3NOS.C17H11F2N/c27-21-12-8-19(9-13-21)26(20-10-14-22(28)15-11-20,23-6-2-3-7-24(23)29)32-18-25(31)30-16-4-1-5-17-30;1-3-30(4-2)24(31)16-32-25(17-9-11-18(26)12-10-17,20-7-5-6-8-22(20)28)21-14-13-19(27)15-23(21)29;23-17-9-5-15(6-10-17)22(28-14-13-21(26)27,16-7-11-18(24)12-8-16)19-3-1-2-4-20(19)25;22-16-9-5-14(6-10-16)21(27-13-20(25)26,15-7-11-17(23)12-8-15)18-3-1-2-4-19(18)24;1-2-10-17(12-20,13-6-8-15(18)9-7-13)14-4-3-5-16(19)11-14/h2-3,6-15H,1,4-5,16-18H2;5-15H,3-4,16H2,1-2H3;1-12H,13-14H2,(H2,26,27);1-12H,13H2,(H2,25,26);1,3-9,11H,10H2. The number of amides is 4. The molecule has 1 fully saturated rings. The Morgan fingerprint density at radius 1 is 0.331 bits per heavy atom. The monoisotopic (exact) mass is 1970 g/mol. The van der Waals surface area contributed by atoms with Gasteiger partial charge in [0.1, 0.15) is 92.7 Å². The first-order valence-electron chi connectivity index (χ1n) is 43.6. The van der Waals surface area contributed by atoms with Crippen LogP contribution in [0, 0.1) is 111 Å². The first-order chi connectivity index (χ1) is 66.8. The molecule has 0 saturated carbocycles. The van der Waals surface area contributed by atoms with Crippen molar-refractivity contribution < 1.29 is 85.0 Å². The van der Waals surface area contributed by atoms with E-state index in [2.05, 4.69) is 12.0 Å². The van der Waals surface area contributed by atoms with Gasteiger partial charge in [-0.2, -0.15) is 5.26 Å². The Kier molecular flexibility index (Phi) is 37.7. The van der Waals surface area contributed by atoms with E-state index in [4.69, 9.17) is 17.9 Å². The van der Waals surface area contributed by atoms with Gasteiger partial charge in [-0.15, -0.1) is 59.4 Å². The lowest BCUT2D eigenvalue weighted by molar-refractivity contribution is -0.129. The Morgan fingerprint density at radius 3 is 0.950 bits per heavy atom. The minimum absolute atomic E-state index is 0.0142. The first kappa shape index (κ1) is 106. The summed E-state index contributed by atoms with van der Waals surface area (Å²) in [6.07, 6.45) is 8.60. The zero-order valence-corrected chi connectivity index (χ0v) is 78.2. The highest BCUT2D eigenvalue weighted by atomic mass is 32.2. The SMILES string of the molecule is C#CCC(C#N)(c1ccc(F)cc1)c1cccc(F)c1.CCN(CC)C(=O)CSC(c1ccc(F)cc1)(c1ccccc1F)c1ccc(F)cc1F.NC(=O)CCSC(c1ccc(F)cc1)(c1ccc(F)cc1)c1ccccc1F.NC(=O)CSC(c1ccc(F)cc1)(c1ccc(F)cc1)c1ccccc1F.O=C(CSC(c1ccc(F)cc1)(c1ccc(F)cc1)c1ccccc1F)N1CCCCC1. The number of carbonyl (C=O) groups excluding carboxylic acids is 4. The summed E-state index contributed by atoms with van der Waals surface area (Å²) < 4.78 is 206. The molecule has 14 aromatic rings. The molecule has 1 heterocycles. The summed E-state index contributed by atoms with van der Waals surface area (Å²) in [5.74, 6) is -6.22. The number of primary amides is 2. The van der Waals surface area contributed by atoms with Gasteiger partial charge in [0.05, 0.1) is 42.3 Å². The number of carbonyl (C=O) groups is 4. The van der Waals surface area contributed by atoms with Crippen LogP contribution in [0.4, 0.5) is 65.9 Å². The number of nitrogens with two attached hydrogens (primary N) is 2. The molecule has 0 spiro atoms. The van der Waals surface area contributed by atoms with Gasteiger partial charge < -0.3 is 21.3 Å².